The molecule has 2 aliphatic heterocycles. The van der Waals surface area contributed by atoms with Gasteiger partial charge in [0.25, 0.3) is 0 Å². The lowest BCUT2D eigenvalue weighted by Gasteiger charge is -2.43. The first-order valence-electron chi connectivity index (χ1n) is 9.88. The molecule has 0 spiro atoms. The number of sulfonamides is 1. The fourth-order valence-electron chi connectivity index (χ4n) is 4.58. The van der Waals surface area contributed by atoms with Gasteiger partial charge in [-0.1, -0.05) is 30.3 Å². The van der Waals surface area contributed by atoms with Crippen LogP contribution in [-0.2, 0) is 20.2 Å². The fourth-order valence-corrected chi connectivity index (χ4v) is 5.69. The van der Waals surface area contributed by atoms with Gasteiger partial charge in [-0.15, -0.1) is 0 Å². The maximum atomic E-state index is 13.7. The largest absolute Gasteiger partial charge is 0.339 e. The molecule has 150 valence electrons. The molecule has 2 aliphatic rings. The third kappa shape index (κ3) is 3.77. The van der Waals surface area contributed by atoms with E-state index in [2.05, 4.69) is 6.92 Å². The number of nitrogens with zero attached hydrogens (tertiary/aromatic N) is 2. The van der Waals surface area contributed by atoms with Crippen LogP contribution in [0.15, 0.2) is 30.3 Å². The number of hydrogen-bond acceptors (Lipinski definition) is 4. The van der Waals surface area contributed by atoms with Crippen LogP contribution in [0.25, 0.3) is 0 Å². The molecule has 2 fully saturated rings. The second kappa shape index (κ2) is 7.89. The van der Waals surface area contributed by atoms with Crippen LogP contribution in [0.4, 0.5) is 0 Å². The highest BCUT2D eigenvalue weighted by Gasteiger charge is 2.48. The topological polar surface area (TPSA) is 83.7 Å². The Bertz CT molecular complexity index is 758. The van der Waals surface area contributed by atoms with Gasteiger partial charge >= 0.3 is 0 Å². The molecule has 7 heteroatoms. The Morgan fingerprint density at radius 1 is 1.22 bits per heavy atom. The molecule has 0 radical (unpaired) electrons. The number of carbonyl (C=O) groups excluding carboxylic acids is 1. The van der Waals surface area contributed by atoms with E-state index in [9.17, 15) is 13.2 Å². The van der Waals surface area contributed by atoms with Gasteiger partial charge in [-0.05, 0) is 51.1 Å². The van der Waals surface area contributed by atoms with Crippen LogP contribution >= 0.6 is 0 Å². The second-order valence-corrected chi connectivity index (χ2v) is 10.1. The third-order valence-electron chi connectivity index (χ3n) is 6.33. The third-order valence-corrected chi connectivity index (χ3v) is 8.21. The van der Waals surface area contributed by atoms with Crippen molar-refractivity contribution in [3.8, 4) is 0 Å². The van der Waals surface area contributed by atoms with Crippen LogP contribution in [0, 0.1) is 5.92 Å². The van der Waals surface area contributed by atoms with Crippen molar-refractivity contribution >= 4 is 15.9 Å². The van der Waals surface area contributed by atoms with Crippen molar-refractivity contribution in [3.63, 3.8) is 0 Å². The lowest BCUT2D eigenvalue weighted by molar-refractivity contribution is -0.139. The van der Waals surface area contributed by atoms with Gasteiger partial charge in [0.05, 0.1) is 11.2 Å². The van der Waals surface area contributed by atoms with Gasteiger partial charge in [0.15, 0.2) is 0 Å². The predicted octanol–water partition coefficient (Wildman–Crippen LogP) is 1.57. The van der Waals surface area contributed by atoms with Gasteiger partial charge in [0.1, 0.15) is 0 Å². The molecular weight excluding hydrogens is 362 g/mol. The molecule has 2 N–H and O–H groups in total. The van der Waals surface area contributed by atoms with Crippen molar-refractivity contribution in [2.24, 2.45) is 11.7 Å². The first-order valence-corrected chi connectivity index (χ1v) is 11.5. The molecule has 6 nitrogen and oxygen atoms in total. The summed E-state index contributed by atoms with van der Waals surface area (Å²) < 4.78 is 26.1. The first-order chi connectivity index (χ1) is 12.8. The Balaban J connectivity index is 1.91. The van der Waals surface area contributed by atoms with Crippen molar-refractivity contribution in [2.45, 2.75) is 44.6 Å². The molecule has 0 saturated carbocycles. The van der Waals surface area contributed by atoms with E-state index in [0.717, 1.165) is 12.0 Å². The highest BCUT2D eigenvalue weighted by Crippen LogP contribution is 2.40. The van der Waals surface area contributed by atoms with Gasteiger partial charge in [0.2, 0.25) is 15.9 Å². The van der Waals surface area contributed by atoms with E-state index in [4.69, 9.17) is 5.73 Å². The molecule has 2 heterocycles. The summed E-state index contributed by atoms with van der Waals surface area (Å²) in [5, 5.41) is 0. The summed E-state index contributed by atoms with van der Waals surface area (Å²) in [5.74, 6) is 0.573. The predicted molar refractivity (Wildman–Crippen MR) is 107 cm³/mol. The number of piperidine rings is 1. The van der Waals surface area contributed by atoms with Crippen molar-refractivity contribution in [1.82, 2.24) is 9.21 Å². The number of likely N-dealkylation sites (tertiary alicyclic amines) is 1. The van der Waals surface area contributed by atoms with E-state index >= 15 is 0 Å². The molecule has 3 rings (SSSR count). The molecule has 0 aliphatic carbocycles. The quantitative estimate of drug-likeness (QED) is 0.823. The highest BCUT2D eigenvalue weighted by molar-refractivity contribution is 7.89. The number of carbonyl (C=O) groups is 1. The smallest absolute Gasteiger partial charge is 0.233 e. The van der Waals surface area contributed by atoms with Crippen LogP contribution < -0.4 is 5.73 Å². The SMILES string of the molecule is CCS(=O)(=O)N1CCC(C(=O)N2CC(CN)CC2C)(c2ccccc2)CC1. The molecule has 2 saturated heterocycles. The minimum atomic E-state index is -3.23. The van der Waals surface area contributed by atoms with E-state index in [0.29, 0.717) is 44.9 Å². The van der Waals surface area contributed by atoms with E-state index in [1.807, 2.05) is 35.2 Å². The molecule has 0 aromatic heterocycles. The Labute approximate surface area is 162 Å². The normalized spacial score (nSPS) is 26.3. The zero-order valence-corrected chi connectivity index (χ0v) is 17.1. The number of rotatable bonds is 5. The highest BCUT2D eigenvalue weighted by atomic mass is 32.2. The van der Waals surface area contributed by atoms with Gasteiger partial charge in [-0.3, -0.25) is 4.79 Å². The standard InChI is InChI=1S/C20H31N3O3S/c1-3-27(25,26)22-11-9-20(10-12-22,18-7-5-4-6-8-18)19(24)23-15-17(14-21)13-16(23)2/h4-8,16-17H,3,9-15,21H2,1-2H3. The number of nitrogens with two attached hydrogens (primary N) is 1. The molecule has 2 atom stereocenters. The Morgan fingerprint density at radius 2 is 1.85 bits per heavy atom. The number of benzene rings is 1. The van der Waals surface area contributed by atoms with Crippen molar-refractivity contribution < 1.29 is 13.2 Å². The maximum absolute atomic E-state index is 13.7. The Hall–Kier alpha value is -1.44. The maximum Gasteiger partial charge on any atom is 0.233 e. The van der Waals surface area contributed by atoms with Crippen LogP contribution in [0.3, 0.4) is 0 Å². The monoisotopic (exact) mass is 393 g/mol. The van der Waals surface area contributed by atoms with E-state index < -0.39 is 15.4 Å². The van der Waals surface area contributed by atoms with Gasteiger partial charge in [0, 0.05) is 25.7 Å². The Kier molecular flexibility index (Phi) is 5.93. The molecule has 1 amide bonds. The Morgan fingerprint density at radius 3 is 2.37 bits per heavy atom. The van der Waals surface area contributed by atoms with Crippen molar-refractivity contribution in [2.75, 3.05) is 31.9 Å². The van der Waals surface area contributed by atoms with Crippen LogP contribution in [0.5, 0.6) is 0 Å². The lowest BCUT2D eigenvalue weighted by atomic mass is 9.72. The fraction of sp³-hybridized carbons (Fsp3) is 0.650. The van der Waals surface area contributed by atoms with Crippen LogP contribution in [0.1, 0.15) is 38.7 Å². The van der Waals surface area contributed by atoms with E-state index in [1.165, 1.54) is 4.31 Å². The summed E-state index contributed by atoms with van der Waals surface area (Å²) in [7, 11) is -3.23. The van der Waals surface area contributed by atoms with E-state index in [-0.39, 0.29) is 17.7 Å². The van der Waals surface area contributed by atoms with Crippen LogP contribution in [-0.4, -0.2) is 61.5 Å². The summed E-state index contributed by atoms with van der Waals surface area (Å²) in [5.41, 5.74) is 6.19. The van der Waals surface area contributed by atoms with E-state index in [1.54, 1.807) is 6.92 Å². The summed E-state index contributed by atoms with van der Waals surface area (Å²) in [6, 6.07) is 10.0. The van der Waals surface area contributed by atoms with Crippen LogP contribution in [0.2, 0.25) is 0 Å². The molecule has 27 heavy (non-hydrogen) atoms. The van der Waals surface area contributed by atoms with Gasteiger partial charge < -0.3 is 10.6 Å². The summed E-state index contributed by atoms with van der Waals surface area (Å²) in [6.45, 7) is 5.82. The van der Waals surface area contributed by atoms with Gasteiger partial charge in [-0.2, -0.15) is 0 Å². The molecule has 0 bridgehead atoms. The zero-order chi connectivity index (χ0) is 19.7. The summed E-state index contributed by atoms with van der Waals surface area (Å²) >= 11 is 0. The minimum Gasteiger partial charge on any atom is -0.339 e. The van der Waals surface area contributed by atoms with Gasteiger partial charge in [-0.25, -0.2) is 12.7 Å². The zero-order valence-electron chi connectivity index (χ0n) is 16.3. The van der Waals surface area contributed by atoms with Crippen molar-refractivity contribution in [1.29, 1.82) is 0 Å². The summed E-state index contributed by atoms with van der Waals surface area (Å²) in [6.07, 6.45) is 1.97. The summed E-state index contributed by atoms with van der Waals surface area (Å²) in [4.78, 5) is 15.7. The molecule has 2 unspecified atom stereocenters. The lowest BCUT2D eigenvalue weighted by Crippen LogP contribution is -2.54. The van der Waals surface area contributed by atoms with Crippen molar-refractivity contribution in [3.05, 3.63) is 35.9 Å². The second-order valence-electron chi connectivity index (χ2n) is 7.89. The number of hydrogen-bond donors (Lipinski definition) is 1. The molecule has 1 aromatic rings. The first kappa shape index (κ1) is 20.3. The average molecular weight is 394 g/mol. The minimum absolute atomic E-state index is 0.0978. The molecular formula is C20H31N3O3S. The average Bonchev–Trinajstić information content (AvgIpc) is 3.08. The molecule has 1 aromatic carbocycles. The number of amides is 1.